The third kappa shape index (κ3) is 4.59. The lowest BCUT2D eigenvalue weighted by Crippen LogP contribution is -2.45. The summed E-state index contributed by atoms with van der Waals surface area (Å²) in [5.41, 5.74) is 5.32. The molecule has 0 spiro atoms. The zero-order valence-electron chi connectivity index (χ0n) is 11.2. The Morgan fingerprint density at radius 1 is 1.45 bits per heavy atom. The van der Waals surface area contributed by atoms with E-state index in [0.717, 1.165) is 0 Å². The molecule has 0 radical (unpaired) electrons. The van der Waals surface area contributed by atoms with Gasteiger partial charge in [0, 0.05) is 12.2 Å². The van der Waals surface area contributed by atoms with Crippen LogP contribution in [0.5, 0.6) is 0 Å². The number of carbonyl (C=O) groups excluding carboxylic acids is 2. The number of aromatic nitrogens is 2. The number of nitrogens with one attached hydrogen (secondary N) is 2. The van der Waals surface area contributed by atoms with Gasteiger partial charge in [0.15, 0.2) is 0 Å². The molecule has 0 bridgehead atoms. The van der Waals surface area contributed by atoms with Crippen molar-refractivity contribution in [3.63, 3.8) is 0 Å². The molecule has 1 aromatic heterocycles. The highest BCUT2D eigenvalue weighted by molar-refractivity contribution is 5.93. The quantitative estimate of drug-likeness (QED) is 0.578. The number of aliphatic carboxylic acids is 1. The highest BCUT2D eigenvalue weighted by atomic mass is 16.4. The fourth-order valence-corrected chi connectivity index (χ4v) is 1.41. The zero-order chi connectivity index (χ0) is 15.3. The van der Waals surface area contributed by atoms with Gasteiger partial charge in [0.1, 0.15) is 6.04 Å². The molecule has 1 unspecified atom stereocenters. The maximum atomic E-state index is 11.6. The van der Waals surface area contributed by atoms with Gasteiger partial charge in [-0.3, -0.25) is 9.48 Å². The van der Waals surface area contributed by atoms with E-state index in [0.29, 0.717) is 5.69 Å². The van der Waals surface area contributed by atoms with Crippen LogP contribution in [0.4, 0.5) is 10.5 Å². The highest BCUT2D eigenvalue weighted by Crippen LogP contribution is 2.09. The van der Waals surface area contributed by atoms with Gasteiger partial charge in [0.05, 0.1) is 18.3 Å². The van der Waals surface area contributed by atoms with E-state index >= 15 is 0 Å². The summed E-state index contributed by atoms with van der Waals surface area (Å²) in [5.74, 6) is -2.15. The summed E-state index contributed by atoms with van der Waals surface area (Å²) in [6.07, 6.45) is 2.56. The second-order valence-electron chi connectivity index (χ2n) is 4.46. The number of nitrogens with two attached hydrogens (primary N) is 1. The molecular weight excluding hydrogens is 266 g/mol. The summed E-state index contributed by atoms with van der Waals surface area (Å²) in [5, 5.41) is 17.4. The van der Waals surface area contributed by atoms with E-state index in [1.807, 2.05) is 13.8 Å². The molecule has 0 aromatic carbocycles. The Labute approximate surface area is 115 Å². The van der Waals surface area contributed by atoms with Crippen molar-refractivity contribution >= 4 is 23.6 Å². The van der Waals surface area contributed by atoms with Crippen molar-refractivity contribution in [2.24, 2.45) is 5.73 Å². The standard InChI is InChI=1S/C11H17N5O4/c1-6(2)16-5-7(4-13-16)14-11(20)15-8(10(18)19)3-9(12)17/h4-6,8H,3H2,1-2H3,(H2,12,17)(H,18,19)(H2,14,15,20). The first-order valence-corrected chi connectivity index (χ1v) is 5.92. The number of nitrogens with zero attached hydrogens (tertiary/aromatic N) is 2. The predicted octanol–water partition coefficient (Wildman–Crippen LogP) is -0.0859. The highest BCUT2D eigenvalue weighted by Gasteiger charge is 2.22. The van der Waals surface area contributed by atoms with Crippen molar-refractivity contribution in [1.29, 1.82) is 0 Å². The molecule has 0 aliphatic rings. The lowest BCUT2D eigenvalue weighted by atomic mass is 10.2. The predicted molar refractivity (Wildman–Crippen MR) is 70.0 cm³/mol. The molecule has 0 aliphatic carbocycles. The number of urea groups is 1. The van der Waals surface area contributed by atoms with E-state index in [1.165, 1.54) is 6.20 Å². The molecule has 0 saturated heterocycles. The largest absolute Gasteiger partial charge is 0.480 e. The molecule has 1 rings (SSSR count). The number of hydrogen-bond acceptors (Lipinski definition) is 4. The number of amides is 3. The Bertz CT molecular complexity index is 511. The van der Waals surface area contributed by atoms with Crippen LogP contribution in [0.15, 0.2) is 12.4 Å². The topological polar surface area (TPSA) is 139 Å². The Kier molecular flexibility index (Phi) is 5.07. The van der Waals surface area contributed by atoms with Crippen LogP contribution in [0.1, 0.15) is 26.3 Å². The van der Waals surface area contributed by atoms with Crippen molar-refractivity contribution in [3.05, 3.63) is 12.4 Å². The molecule has 5 N–H and O–H groups in total. The first-order chi connectivity index (χ1) is 9.29. The number of primary amides is 1. The maximum Gasteiger partial charge on any atom is 0.326 e. The summed E-state index contributed by atoms with van der Waals surface area (Å²) in [4.78, 5) is 33.2. The zero-order valence-corrected chi connectivity index (χ0v) is 11.2. The molecule has 1 atom stereocenters. The molecule has 110 valence electrons. The van der Waals surface area contributed by atoms with E-state index in [2.05, 4.69) is 15.7 Å². The third-order valence-corrected chi connectivity index (χ3v) is 2.40. The second kappa shape index (κ2) is 6.55. The van der Waals surface area contributed by atoms with E-state index in [4.69, 9.17) is 10.8 Å². The van der Waals surface area contributed by atoms with Gasteiger partial charge in [-0.2, -0.15) is 5.10 Å². The van der Waals surface area contributed by atoms with E-state index in [-0.39, 0.29) is 6.04 Å². The fraction of sp³-hybridized carbons (Fsp3) is 0.455. The van der Waals surface area contributed by atoms with Crippen molar-refractivity contribution in [3.8, 4) is 0 Å². The Hall–Kier alpha value is -2.58. The van der Waals surface area contributed by atoms with Crippen LogP contribution in [0, 0.1) is 0 Å². The van der Waals surface area contributed by atoms with E-state index in [1.54, 1.807) is 10.9 Å². The average molecular weight is 283 g/mol. The summed E-state index contributed by atoms with van der Waals surface area (Å²) in [6.45, 7) is 3.84. The molecular formula is C11H17N5O4. The molecule has 20 heavy (non-hydrogen) atoms. The normalized spacial score (nSPS) is 11.9. The van der Waals surface area contributed by atoms with Crippen LogP contribution in [0.25, 0.3) is 0 Å². The van der Waals surface area contributed by atoms with Crippen LogP contribution >= 0.6 is 0 Å². The van der Waals surface area contributed by atoms with Gasteiger partial charge < -0.3 is 21.5 Å². The Balaban J connectivity index is 2.60. The van der Waals surface area contributed by atoms with Gasteiger partial charge in [0.25, 0.3) is 0 Å². The second-order valence-corrected chi connectivity index (χ2v) is 4.46. The Morgan fingerprint density at radius 2 is 2.10 bits per heavy atom. The lowest BCUT2D eigenvalue weighted by molar-refractivity contribution is -0.140. The van der Waals surface area contributed by atoms with Crippen LogP contribution < -0.4 is 16.4 Å². The van der Waals surface area contributed by atoms with Crippen molar-refractivity contribution in [2.45, 2.75) is 32.4 Å². The number of hydrogen-bond donors (Lipinski definition) is 4. The molecule has 1 aromatic rings. The van der Waals surface area contributed by atoms with E-state index in [9.17, 15) is 14.4 Å². The number of carboxylic acid groups (broad SMARTS) is 1. The number of anilines is 1. The van der Waals surface area contributed by atoms with Gasteiger partial charge in [-0.25, -0.2) is 9.59 Å². The monoisotopic (exact) mass is 283 g/mol. The van der Waals surface area contributed by atoms with Crippen molar-refractivity contribution < 1.29 is 19.5 Å². The van der Waals surface area contributed by atoms with Gasteiger partial charge in [-0.05, 0) is 13.8 Å². The SMILES string of the molecule is CC(C)n1cc(NC(=O)NC(CC(N)=O)C(=O)O)cn1. The molecule has 3 amide bonds. The van der Waals surface area contributed by atoms with E-state index < -0.39 is 30.4 Å². The molecule has 0 aliphatic heterocycles. The smallest absolute Gasteiger partial charge is 0.326 e. The molecule has 9 nitrogen and oxygen atoms in total. The summed E-state index contributed by atoms with van der Waals surface area (Å²) in [6, 6.07) is -1.98. The van der Waals surface area contributed by atoms with Gasteiger partial charge in [-0.1, -0.05) is 0 Å². The molecule has 0 saturated carbocycles. The molecule has 1 heterocycles. The maximum absolute atomic E-state index is 11.6. The van der Waals surface area contributed by atoms with Gasteiger partial charge in [0.2, 0.25) is 5.91 Å². The summed E-state index contributed by atoms with van der Waals surface area (Å²) < 4.78 is 1.63. The molecule has 0 fully saturated rings. The van der Waals surface area contributed by atoms with Gasteiger partial charge in [-0.15, -0.1) is 0 Å². The summed E-state index contributed by atoms with van der Waals surface area (Å²) in [7, 11) is 0. The molecule has 9 heteroatoms. The van der Waals surface area contributed by atoms with Crippen LogP contribution in [0.2, 0.25) is 0 Å². The minimum absolute atomic E-state index is 0.134. The van der Waals surface area contributed by atoms with Crippen LogP contribution in [-0.2, 0) is 9.59 Å². The van der Waals surface area contributed by atoms with Gasteiger partial charge >= 0.3 is 12.0 Å². The average Bonchev–Trinajstić information content (AvgIpc) is 2.75. The lowest BCUT2D eigenvalue weighted by Gasteiger charge is -2.12. The first-order valence-electron chi connectivity index (χ1n) is 5.92. The number of rotatable bonds is 6. The Morgan fingerprint density at radius 3 is 2.55 bits per heavy atom. The van der Waals surface area contributed by atoms with Crippen LogP contribution in [0.3, 0.4) is 0 Å². The first kappa shape index (κ1) is 15.5. The number of carbonyl (C=O) groups is 3. The minimum Gasteiger partial charge on any atom is -0.480 e. The minimum atomic E-state index is -1.37. The number of carboxylic acids is 1. The fourth-order valence-electron chi connectivity index (χ4n) is 1.41. The van der Waals surface area contributed by atoms with Crippen molar-refractivity contribution in [1.82, 2.24) is 15.1 Å². The summed E-state index contributed by atoms with van der Waals surface area (Å²) >= 11 is 0. The third-order valence-electron chi connectivity index (χ3n) is 2.40. The van der Waals surface area contributed by atoms with Crippen molar-refractivity contribution in [2.75, 3.05) is 5.32 Å². The van der Waals surface area contributed by atoms with Crippen LogP contribution in [-0.4, -0.2) is 38.8 Å².